The summed E-state index contributed by atoms with van der Waals surface area (Å²) in [6, 6.07) is 4.38. The molecule has 0 atom stereocenters. The number of nitrogen functional groups attached to an aromatic ring is 1. The number of hydrogen-bond acceptors (Lipinski definition) is 4. The first kappa shape index (κ1) is 15.3. The number of phenolic OH excluding ortho intramolecular Hbond substituents is 1. The second-order valence-corrected chi connectivity index (χ2v) is 4.82. The van der Waals surface area contributed by atoms with Gasteiger partial charge in [-0.05, 0) is 31.0 Å². The molecule has 0 radical (unpaired) electrons. The smallest absolute Gasteiger partial charge is 0.251 e. The molecule has 0 heterocycles. The van der Waals surface area contributed by atoms with Gasteiger partial charge < -0.3 is 21.3 Å². The van der Waals surface area contributed by atoms with Crippen molar-refractivity contribution in [1.82, 2.24) is 5.32 Å². The fourth-order valence-corrected chi connectivity index (χ4v) is 1.83. The quantitative estimate of drug-likeness (QED) is 0.463. The van der Waals surface area contributed by atoms with Crippen LogP contribution in [0, 0.1) is 5.41 Å². The third kappa shape index (κ3) is 3.61. The summed E-state index contributed by atoms with van der Waals surface area (Å²) in [6.07, 6.45) is 1.57. The highest BCUT2D eigenvalue weighted by molar-refractivity contribution is 5.95. The molecule has 5 N–H and O–H groups in total. The zero-order valence-electron chi connectivity index (χ0n) is 11.4. The number of nitrogens with one attached hydrogen (secondary N) is 1. The summed E-state index contributed by atoms with van der Waals surface area (Å²) in [5, 5.41) is 21.7. The molecular formula is C14H22N2O3. The lowest BCUT2D eigenvalue weighted by atomic mass is 9.83. The van der Waals surface area contributed by atoms with E-state index in [4.69, 9.17) is 5.73 Å². The summed E-state index contributed by atoms with van der Waals surface area (Å²) in [5.74, 6) is -0.387. The number of aromatic hydroxyl groups is 1. The first-order valence-corrected chi connectivity index (χ1v) is 6.45. The number of carbonyl (C=O) groups is 1. The fourth-order valence-electron chi connectivity index (χ4n) is 1.83. The van der Waals surface area contributed by atoms with Crippen molar-refractivity contribution in [3.8, 4) is 5.75 Å². The van der Waals surface area contributed by atoms with Crippen molar-refractivity contribution in [2.75, 3.05) is 18.9 Å². The second kappa shape index (κ2) is 6.43. The molecule has 0 fully saturated rings. The van der Waals surface area contributed by atoms with Crippen LogP contribution in [0.4, 0.5) is 5.69 Å². The van der Waals surface area contributed by atoms with Crippen LogP contribution in [0.25, 0.3) is 0 Å². The maximum Gasteiger partial charge on any atom is 0.251 e. The molecule has 0 aliphatic carbocycles. The molecule has 0 saturated carbocycles. The zero-order valence-corrected chi connectivity index (χ0v) is 11.4. The summed E-state index contributed by atoms with van der Waals surface area (Å²) in [7, 11) is 0. The van der Waals surface area contributed by atoms with Crippen LogP contribution in [-0.4, -0.2) is 29.3 Å². The van der Waals surface area contributed by atoms with Gasteiger partial charge in [0.05, 0.1) is 12.3 Å². The molecule has 0 unspecified atom stereocenters. The minimum absolute atomic E-state index is 0.0350. The van der Waals surface area contributed by atoms with Gasteiger partial charge >= 0.3 is 0 Å². The van der Waals surface area contributed by atoms with Crippen LogP contribution in [0.15, 0.2) is 18.2 Å². The van der Waals surface area contributed by atoms with Gasteiger partial charge in [-0.3, -0.25) is 4.79 Å². The van der Waals surface area contributed by atoms with Crippen molar-refractivity contribution in [1.29, 1.82) is 0 Å². The zero-order chi connectivity index (χ0) is 14.5. The standard InChI is InChI=1S/C14H22N2O3/c1-3-14(4-2,9-17)8-16-13(19)10-5-6-11(15)12(18)7-10/h5-7,17-18H,3-4,8-9,15H2,1-2H3,(H,16,19). The van der Waals surface area contributed by atoms with E-state index in [-0.39, 0.29) is 29.4 Å². The number of rotatable bonds is 6. The lowest BCUT2D eigenvalue weighted by Crippen LogP contribution is -2.39. The number of aliphatic hydroxyl groups is 1. The van der Waals surface area contributed by atoms with Gasteiger partial charge in [-0.2, -0.15) is 0 Å². The highest BCUT2D eigenvalue weighted by Crippen LogP contribution is 2.25. The van der Waals surface area contributed by atoms with Gasteiger partial charge in [-0.1, -0.05) is 13.8 Å². The maximum absolute atomic E-state index is 12.0. The Balaban J connectivity index is 2.72. The van der Waals surface area contributed by atoms with Crippen molar-refractivity contribution in [3.05, 3.63) is 23.8 Å². The molecule has 1 amide bonds. The van der Waals surface area contributed by atoms with Crippen LogP contribution >= 0.6 is 0 Å². The molecular weight excluding hydrogens is 244 g/mol. The van der Waals surface area contributed by atoms with E-state index in [1.807, 2.05) is 13.8 Å². The average Bonchev–Trinajstić information content (AvgIpc) is 2.43. The molecule has 0 aliphatic heterocycles. The number of benzene rings is 1. The fraction of sp³-hybridized carbons (Fsp3) is 0.500. The molecule has 5 nitrogen and oxygen atoms in total. The monoisotopic (exact) mass is 266 g/mol. The van der Waals surface area contributed by atoms with Crippen molar-refractivity contribution >= 4 is 11.6 Å². The second-order valence-electron chi connectivity index (χ2n) is 4.82. The first-order valence-electron chi connectivity index (χ1n) is 6.45. The third-order valence-corrected chi connectivity index (χ3v) is 3.75. The SMILES string of the molecule is CCC(CC)(CO)CNC(=O)c1ccc(N)c(O)c1. The van der Waals surface area contributed by atoms with Gasteiger partial charge in [-0.15, -0.1) is 0 Å². The number of anilines is 1. The molecule has 0 bridgehead atoms. The Morgan fingerprint density at radius 1 is 1.37 bits per heavy atom. The highest BCUT2D eigenvalue weighted by Gasteiger charge is 2.26. The molecule has 0 aromatic heterocycles. The highest BCUT2D eigenvalue weighted by atomic mass is 16.3. The molecule has 5 heteroatoms. The van der Waals surface area contributed by atoms with E-state index in [0.717, 1.165) is 12.8 Å². The van der Waals surface area contributed by atoms with E-state index in [1.54, 1.807) is 6.07 Å². The molecule has 1 aromatic rings. The summed E-state index contributed by atoms with van der Waals surface area (Å²) in [6.45, 7) is 4.41. The number of carbonyl (C=O) groups excluding carboxylic acids is 1. The largest absolute Gasteiger partial charge is 0.506 e. The van der Waals surface area contributed by atoms with Crippen LogP contribution in [0.5, 0.6) is 5.75 Å². The van der Waals surface area contributed by atoms with E-state index in [2.05, 4.69) is 5.32 Å². The number of aliphatic hydroxyl groups excluding tert-OH is 1. The van der Waals surface area contributed by atoms with E-state index in [1.165, 1.54) is 12.1 Å². The molecule has 19 heavy (non-hydrogen) atoms. The molecule has 106 valence electrons. The molecule has 0 aliphatic rings. The topological polar surface area (TPSA) is 95.6 Å². The molecule has 0 spiro atoms. The van der Waals surface area contributed by atoms with Gasteiger partial charge in [0.15, 0.2) is 0 Å². The van der Waals surface area contributed by atoms with Crippen LogP contribution < -0.4 is 11.1 Å². The van der Waals surface area contributed by atoms with Gasteiger partial charge in [0.1, 0.15) is 5.75 Å². The first-order chi connectivity index (χ1) is 8.98. The van der Waals surface area contributed by atoms with Crippen LogP contribution in [0.2, 0.25) is 0 Å². The van der Waals surface area contributed by atoms with Crippen LogP contribution in [0.1, 0.15) is 37.0 Å². The number of amides is 1. The summed E-state index contributed by atoms with van der Waals surface area (Å²) >= 11 is 0. The Labute approximate surface area is 113 Å². The Kier molecular flexibility index (Phi) is 5.18. The van der Waals surface area contributed by atoms with Gasteiger partial charge in [-0.25, -0.2) is 0 Å². The van der Waals surface area contributed by atoms with Crippen molar-refractivity contribution < 1.29 is 15.0 Å². The lowest BCUT2D eigenvalue weighted by molar-refractivity contribution is 0.0851. The maximum atomic E-state index is 12.0. The molecule has 0 saturated heterocycles. The third-order valence-electron chi connectivity index (χ3n) is 3.75. The van der Waals surface area contributed by atoms with Gasteiger partial charge in [0.2, 0.25) is 0 Å². The normalized spacial score (nSPS) is 11.3. The van der Waals surface area contributed by atoms with E-state index >= 15 is 0 Å². The minimum atomic E-state index is -0.286. The van der Waals surface area contributed by atoms with Crippen molar-refractivity contribution in [3.63, 3.8) is 0 Å². The van der Waals surface area contributed by atoms with Crippen molar-refractivity contribution in [2.45, 2.75) is 26.7 Å². The Hall–Kier alpha value is -1.75. The van der Waals surface area contributed by atoms with Gasteiger partial charge in [0.25, 0.3) is 5.91 Å². The Morgan fingerprint density at radius 3 is 2.47 bits per heavy atom. The van der Waals surface area contributed by atoms with E-state index in [0.29, 0.717) is 12.1 Å². The summed E-state index contributed by atoms with van der Waals surface area (Å²) < 4.78 is 0. The van der Waals surface area contributed by atoms with E-state index in [9.17, 15) is 15.0 Å². The average molecular weight is 266 g/mol. The molecule has 1 aromatic carbocycles. The predicted octanol–water partition coefficient (Wildman–Crippen LogP) is 1.50. The number of nitrogens with two attached hydrogens (primary N) is 1. The minimum Gasteiger partial charge on any atom is -0.506 e. The number of hydrogen-bond donors (Lipinski definition) is 4. The predicted molar refractivity (Wildman–Crippen MR) is 75.0 cm³/mol. The number of phenols is 1. The summed E-state index contributed by atoms with van der Waals surface area (Å²) in [4.78, 5) is 12.0. The molecule has 1 rings (SSSR count). The van der Waals surface area contributed by atoms with Crippen LogP contribution in [-0.2, 0) is 0 Å². The van der Waals surface area contributed by atoms with Crippen molar-refractivity contribution in [2.24, 2.45) is 5.41 Å². The van der Waals surface area contributed by atoms with Gasteiger partial charge in [0, 0.05) is 17.5 Å². The lowest BCUT2D eigenvalue weighted by Gasteiger charge is -2.29. The van der Waals surface area contributed by atoms with E-state index < -0.39 is 0 Å². The summed E-state index contributed by atoms with van der Waals surface area (Å²) in [5.41, 5.74) is 5.79. The Morgan fingerprint density at radius 2 is 2.00 bits per heavy atom. The Bertz CT molecular complexity index is 434. The van der Waals surface area contributed by atoms with Crippen LogP contribution in [0.3, 0.4) is 0 Å².